The van der Waals surface area contributed by atoms with Crippen molar-refractivity contribution in [2.75, 3.05) is 52.5 Å². The van der Waals surface area contributed by atoms with E-state index in [0.29, 0.717) is 52.5 Å². The van der Waals surface area contributed by atoms with Gasteiger partial charge in [-0.1, -0.05) is 0 Å². The van der Waals surface area contributed by atoms with Gasteiger partial charge in [-0.2, -0.15) is 0 Å². The van der Waals surface area contributed by atoms with E-state index in [0.717, 1.165) is 0 Å². The highest BCUT2D eigenvalue weighted by atomic mass is 16.5. The van der Waals surface area contributed by atoms with Crippen LogP contribution in [0.15, 0.2) is 0 Å². The number of carbonyl (C=O) groups is 3. The van der Waals surface area contributed by atoms with E-state index in [2.05, 4.69) is 0 Å². The van der Waals surface area contributed by atoms with Gasteiger partial charge in [-0.3, -0.25) is 14.4 Å². The molecule has 0 bridgehead atoms. The van der Waals surface area contributed by atoms with Crippen molar-refractivity contribution in [1.82, 2.24) is 14.7 Å². The first kappa shape index (κ1) is 13.8. The summed E-state index contributed by atoms with van der Waals surface area (Å²) in [4.78, 5) is 40.0. The second kappa shape index (κ2) is 6.01. The van der Waals surface area contributed by atoms with Crippen LogP contribution >= 0.6 is 0 Å². The highest BCUT2D eigenvalue weighted by Crippen LogP contribution is 2.05. The molecule has 2 heterocycles. The molecule has 0 aromatic carbocycles. The van der Waals surface area contributed by atoms with Gasteiger partial charge in [0.2, 0.25) is 5.91 Å². The Morgan fingerprint density at radius 2 is 1.16 bits per heavy atom. The predicted molar refractivity (Wildman–Crippen MR) is 66.2 cm³/mol. The van der Waals surface area contributed by atoms with Gasteiger partial charge in [-0.05, 0) is 0 Å². The van der Waals surface area contributed by atoms with Crippen LogP contribution in [-0.4, -0.2) is 84.9 Å². The Morgan fingerprint density at radius 1 is 0.737 bits per heavy atom. The number of amides is 3. The highest BCUT2D eigenvalue weighted by Gasteiger charge is 2.30. The Balaban J connectivity index is 1.86. The zero-order chi connectivity index (χ0) is 13.8. The fraction of sp³-hybridized carbons (Fsp3) is 0.750. The molecule has 2 aliphatic rings. The molecule has 2 saturated heterocycles. The zero-order valence-corrected chi connectivity index (χ0v) is 11.1. The molecule has 2 aliphatic heterocycles. The fourth-order valence-corrected chi connectivity index (χ4v) is 2.26. The van der Waals surface area contributed by atoms with Crippen LogP contribution in [0.3, 0.4) is 0 Å². The van der Waals surface area contributed by atoms with Gasteiger partial charge in [-0.25, -0.2) is 0 Å². The molecular formula is C12H19N3O4. The van der Waals surface area contributed by atoms with Crippen molar-refractivity contribution in [3.63, 3.8) is 0 Å². The Kier molecular flexibility index (Phi) is 4.36. The third-order valence-electron chi connectivity index (χ3n) is 3.49. The third-order valence-corrected chi connectivity index (χ3v) is 3.49. The number of rotatable bonds is 0. The summed E-state index contributed by atoms with van der Waals surface area (Å²) in [5, 5.41) is 0. The second-order valence-electron chi connectivity index (χ2n) is 4.70. The Morgan fingerprint density at radius 3 is 1.63 bits per heavy atom. The van der Waals surface area contributed by atoms with Crippen LogP contribution in [-0.2, 0) is 19.1 Å². The average Bonchev–Trinajstić information content (AvgIpc) is 2.46. The minimum Gasteiger partial charge on any atom is -0.378 e. The van der Waals surface area contributed by atoms with Gasteiger partial charge in [-0.15, -0.1) is 0 Å². The van der Waals surface area contributed by atoms with Crippen molar-refractivity contribution in [2.24, 2.45) is 0 Å². The van der Waals surface area contributed by atoms with E-state index in [1.165, 1.54) is 16.7 Å². The van der Waals surface area contributed by atoms with Crippen molar-refractivity contribution in [3.05, 3.63) is 0 Å². The summed E-state index contributed by atoms with van der Waals surface area (Å²) in [5.41, 5.74) is 0. The predicted octanol–water partition coefficient (Wildman–Crippen LogP) is -1.46. The lowest BCUT2D eigenvalue weighted by atomic mass is 10.3. The minimum atomic E-state index is -0.467. The molecule has 0 N–H and O–H groups in total. The molecule has 0 radical (unpaired) electrons. The normalized spacial score (nSPS) is 20.4. The first-order valence-corrected chi connectivity index (χ1v) is 6.51. The van der Waals surface area contributed by atoms with E-state index in [-0.39, 0.29) is 5.91 Å². The fourth-order valence-electron chi connectivity index (χ4n) is 2.26. The number of hydrogen-bond acceptors (Lipinski definition) is 4. The Labute approximate surface area is 112 Å². The molecule has 106 valence electrons. The van der Waals surface area contributed by atoms with Crippen LogP contribution in [0.5, 0.6) is 0 Å². The molecule has 0 atom stereocenters. The van der Waals surface area contributed by atoms with Gasteiger partial charge in [0.1, 0.15) is 0 Å². The SMILES string of the molecule is CC(=O)N1CCN(C(=O)C(=O)N2CCOCC2)CC1. The molecule has 7 heteroatoms. The van der Waals surface area contributed by atoms with Crippen LogP contribution in [0.2, 0.25) is 0 Å². The lowest BCUT2D eigenvalue weighted by Crippen LogP contribution is -2.55. The standard InChI is InChI=1S/C12H19N3O4/c1-10(16)13-2-4-14(5-3-13)11(17)12(18)15-6-8-19-9-7-15/h2-9H2,1H3. The Hall–Kier alpha value is -1.63. The van der Waals surface area contributed by atoms with E-state index in [1.54, 1.807) is 4.90 Å². The summed E-state index contributed by atoms with van der Waals surface area (Å²) in [5.74, 6) is -0.920. The topological polar surface area (TPSA) is 70.2 Å². The number of ether oxygens (including phenoxy) is 1. The van der Waals surface area contributed by atoms with Crippen molar-refractivity contribution in [2.45, 2.75) is 6.92 Å². The molecule has 3 amide bonds. The van der Waals surface area contributed by atoms with Crippen molar-refractivity contribution >= 4 is 17.7 Å². The Bertz CT molecular complexity index is 371. The molecular weight excluding hydrogens is 250 g/mol. The van der Waals surface area contributed by atoms with Crippen molar-refractivity contribution in [3.8, 4) is 0 Å². The summed E-state index contributed by atoms with van der Waals surface area (Å²) in [6.45, 7) is 5.26. The van der Waals surface area contributed by atoms with E-state index < -0.39 is 11.8 Å². The summed E-state index contributed by atoms with van der Waals surface area (Å²) in [7, 11) is 0. The molecule has 0 aliphatic carbocycles. The number of nitrogens with zero attached hydrogens (tertiary/aromatic N) is 3. The number of piperazine rings is 1. The third kappa shape index (κ3) is 3.23. The quantitative estimate of drug-likeness (QED) is 0.504. The average molecular weight is 269 g/mol. The van der Waals surface area contributed by atoms with E-state index in [4.69, 9.17) is 4.74 Å². The summed E-state index contributed by atoms with van der Waals surface area (Å²) in [6, 6.07) is 0. The molecule has 7 nitrogen and oxygen atoms in total. The molecule has 0 spiro atoms. The van der Waals surface area contributed by atoms with Gasteiger partial charge in [0.25, 0.3) is 0 Å². The molecule has 0 aromatic rings. The van der Waals surface area contributed by atoms with Crippen LogP contribution in [0, 0.1) is 0 Å². The molecule has 19 heavy (non-hydrogen) atoms. The molecule has 2 fully saturated rings. The van der Waals surface area contributed by atoms with Crippen LogP contribution in [0.4, 0.5) is 0 Å². The number of morpholine rings is 1. The van der Waals surface area contributed by atoms with E-state index >= 15 is 0 Å². The lowest BCUT2D eigenvalue weighted by molar-refractivity contribution is -0.155. The second-order valence-corrected chi connectivity index (χ2v) is 4.70. The van der Waals surface area contributed by atoms with Gasteiger partial charge >= 0.3 is 11.8 Å². The first-order chi connectivity index (χ1) is 9.09. The van der Waals surface area contributed by atoms with Gasteiger partial charge in [0, 0.05) is 46.2 Å². The molecule has 2 rings (SSSR count). The number of carbonyl (C=O) groups excluding carboxylic acids is 3. The van der Waals surface area contributed by atoms with Gasteiger partial charge < -0.3 is 19.4 Å². The zero-order valence-electron chi connectivity index (χ0n) is 11.1. The maximum Gasteiger partial charge on any atom is 0.312 e. The van der Waals surface area contributed by atoms with Crippen LogP contribution in [0.25, 0.3) is 0 Å². The number of hydrogen-bond donors (Lipinski definition) is 0. The summed E-state index contributed by atoms with van der Waals surface area (Å²) < 4.78 is 5.15. The lowest BCUT2D eigenvalue weighted by Gasteiger charge is -2.35. The van der Waals surface area contributed by atoms with E-state index in [1.807, 2.05) is 0 Å². The van der Waals surface area contributed by atoms with Crippen LogP contribution in [0.1, 0.15) is 6.92 Å². The van der Waals surface area contributed by atoms with E-state index in [9.17, 15) is 14.4 Å². The molecule has 0 aromatic heterocycles. The summed E-state index contributed by atoms with van der Waals surface area (Å²) in [6.07, 6.45) is 0. The van der Waals surface area contributed by atoms with Crippen LogP contribution < -0.4 is 0 Å². The largest absolute Gasteiger partial charge is 0.378 e. The molecule has 0 unspecified atom stereocenters. The monoisotopic (exact) mass is 269 g/mol. The van der Waals surface area contributed by atoms with Gasteiger partial charge in [0.15, 0.2) is 0 Å². The minimum absolute atomic E-state index is 0.00612. The van der Waals surface area contributed by atoms with Crippen molar-refractivity contribution < 1.29 is 19.1 Å². The smallest absolute Gasteiger partial charge is 0.312 e. The first-order valence-electron chi connectivity index (χ1n) is 6.51. The maximum atomic E-state index is 12.1. The molecule has 0 saturated carbocycles. The highest BCUT2D eigenvalue weighted by molar-refractivity contribution is 6.34. The summed E-state index contributed by atoms with van der Waals surface area (Å²) >= 11 is 0. The van der Waals surface area contributed by atoms with Crippen molar-refractivity contribution in [1.29, 1.82) is 0 Å². The van der Waals surface area contributed by atoms with Gasteiger partial charge in [0.05, 0.1) is 13.2 Å². The maximum absolute atomic E-state index is 12.1.